The summed E-state index contributed by atoms with van der Waals surface area (Å²) >= 11 is 2.10. The number of tetrazole rings is 1. The van der Waals surface area contributed by atoms with Crippen molar-refractivity contribution in [1.82, 2.24) is 15.0 Å². The van der Waals surface area contributed by atoms with Gasteiger partial charge in [-0.25, -0.2) is 0 Å². The molecule has 17 heteroatoms. The molecule has 0 aliphatic heterocycles. The van der Waals surface area contributed by atoms with Crippen LogP contribution in [0.15, 0.2) is 76.5 Å². The number of rotatable bonds is 6. The summed E-state index contributed by atoms with van der Waals surface area (Å²) in [5.74, 6) is -0.226. The average molecular weight is 653 g/mol. The van der Waals surface area contributed by atoms with Crippen molar-refractivity contribution >= 4 is 78.1 Å². The Bertz CT molecular complexity index is 1680. The van der Waals surface area contributed by atoms with Crippen molar-refractivity contribution in [2.24, 2.45) is 0 Å². The van der Waals surface area contributed by atoms with Gasteiger partial charge in [0.15, 0.2) is 5.69 Å². The van der Waals surface area contributed by atoms with Crippen LogP contribution < -0.4 is 4.80 Å². The molecule has 181 valence electrons. The molecule has 0 saturated carbocycles. The number of hydrogen-bond donors (Lipinski definition) is 2. The van der Waals surface area contributed by atoms with Crippen LogP contribution in [0.5, 0.6) is 0 Å². The number of aromatic nitrogens is 4. The molecule has 3 aromatic carbocycles. The third-order valence-electron chi connectivity index (χ3n) is 4.68. The third-order valence-corrected chi connectivity index (χ3v) is 7.14. The molecule has 0 atom stereocenters. The summed E-state index contributed by atoms with van der Waals surface area (Å²) in [6, 6.07) is 14.8. The van der Waals surface area contributed by atoms with Crippen LogP contribution in [0, 0.1) is 13.7 Å². The van der Waals surface area contributed by atoms with Crippen LogP contribution in [0.3, 0.4) is 0 Å². The molecule has 36 heavy (non-hydrogen) atoms. The van der Waals surface area contributed by atoms with E-state index in [1.165, 1.54) is 33.9 Å². The van der Waals surface area contributed by atoms with Gasteiger partial charge in [0, 0.05) is 50.1 Å². The van der Waals surface area contributed by atoms with Crippen LogP contribution in [0.25, 0.3) is 22.8 Å². The standard InChI is InChI=1S/C19H12IN5O8S2.Na/c20-12-1-3-13(4-2-12)23-21-19(22-24(23)14-5-7-15(8-6-14)25(26)27)17-10-9-16(34(28,29)30)11-18(17)35(31,32)33;/h1-11H,(H-,28,29,30,31,32,33);/p+1. The Morgan fingerprint density at radius 1 is 0.917 bits per heavy atom. The third kappa shape index (κ3) is 5.97. The first-order valence-electron chi connectivity index (χ1n) is 9.34. The van der Waals surface area contributed by atoms with Crippen molar-refractivity contribution in [2.75, 3.05) is 0 Å². The summed E-state index contributed by atoms with van der Waals surface area (Å²) in [5, 5.41) is 19.6. The molecular formula is C19H13IN5NaO8S2+. The van der Waals surface area contributed by atoms with E-state index in [4.69, 9.17) is 0 Å². The van der Waals surface area contributed by atoms with Gasteiger partial charge in [-0.15, -0.1) is 0 Å². The monoisotopic (exact) mass is 653 g/mol. The molecule has 1 aromatic heterocycles. The first kappa shape index (κ1) is 28.3. The molecule has 0 spiro atoms. The number of nitro benzene ring substituents is 1. The van der Waals surface area contributed by atoms with Gasteiger partial charge in [0.1, 0.15) is 10.6 Å². The van der Waals surface area contributed by atoms with Gasteiger partial charge in [-0.2, -0.15) is 16.8 Å². The van der Waals surface area contributed by atoms with Crippen molar-refractivity contribution in [3.63, 3.8) is 0 Å². The molecule has 0 fully saturated rings. The van der Waals surface area contributed by atoms with E-state index in [1.54, 1.807) is 24.3 Å². The largest absolute Gasteiger partial charge is 0.341 e. The van der Waals surface area contributed by atoms with Crippen LogP contribution in [0.2, 0.25) is 0 Å². The molecule has 4 rings (SSSR count). The summed E-state index contributed by atoms with van der Waals surface area (Å²) in [6.45, 7) is 0. The summed E-state index contributed by atoms with van der Waals surface area (Å²) in [5.41, 5.74) is 0.408. The van der Waals surface area contributed by atoms with Crippen molar-refractivity contribution < 1.29 is 35.7 Å². The Balaban J connectivity index is 0.00000361. The predicted molar refractivity (Wildman–Crippen MR) is 133 cm³/mol. The Morgan fingerprint density at radius 2 is 1.53 bits per heavy atom. The van der Waals surface area contributed by atoms with E-state index in [2.05, 4.69) is 32.8 Å². The molecule has 0 amide bonds. The van der Waals surface area contributed by atoms with Crippen molar-refractivity contribution in [2.45, 2.75) is 9.79 Å². The summed E-state index contributed by atoms with van der Waals surface area (Å²) < 4.78 is 66.9. The predicted octanol–water partition coefficient (Wildman–Crippen LogP) is 1.84. The molecule has 0 saturated heterocycles. The Hall–Kier alpha value is -2.32. The molecule has 0 aliphatic carbocycles. The maximum Gasteiger partial charge on any atom is 0.341 e. The van der Waals surface area contributed by atoms with E-state index in [0.29, 0.717) is 17.4 Å². The maximum atomic E-state index is 12.0. The number of non-ortho nitro benzene ring substituents is 1. The van der Waals surface area contributed by atoms with E-state index < -0.39 is 35.0 Å². The Labute approximate surface area is 239 Å². The van der Waals surface area contributed by atoms with Gasteiger partial charge in [-0.3, -0.25) is 19.2 Å². The van der Waals surface area contributed by atoms with Crippen LogP contribution >= 0.6 is 22.6 Å². The van der Waals surface area contributed by atoms with Crippen molar-refractivity contribution in [1.29, 1.82) is 0 Å². The second-order valence-electron chi connectivity index (χ2n) is 6.96. The Kier molecular flexibility index (Phi) is 8.30. The zero-order valence-corrected chi connectivity index (χ0v) is 23.9. The van der Waals surface area contributed by atoms with E-state index in [-0.39, 0.29) is 46.6 Å². The van der Waals surface area contributed by atoms with Gasteiger partial charge >= 0.3 is 5.82 Å². The normalized spacial score (nSPS) is 11.6. The summed E-state index contributed by atoms with van der Waals surface area (Å²) in [7, 11) is -9.74. The van der Waals surface area contributed by atoms with E-state index in [9.17, 15) is 36.1 Å². The summed E-state index contributed by atoms with van der Waals surface area (Å²) in [4.78, 5) is 11.4. The number of halogens is 1. The fraction of sp³-hybridized carbons (Fsp3) is 0. The molecule has 4 aromatic rings. The number of nitrogens with zero attached hydrogens (tertiary/aromatic N) is 5. The SMILES string of the molecule is O=[N+]([O-])c1ccc(-[n+]2nc(-c3ccc(S(=O)(=O)O)cc3S(=O)(=O)O)nn2-c2ccc(I)cc2)cc1.[Na]. The van der Waals surface area contributed by atoms with Gasteiger partial charge in [0.2, 0.25) is 0 Å². The second kappa shape index (κ2) is 10.6. The van der Waals surface area contributed by atoms with Crippen LogP contribution in [-0.2, 0) is 20.2 Å². The van der Waals surface area contributed by atoms with Crippen molar-refractivity contribution in [3.8, 4) is 22.8 Å². The first-order chi connectivity index (χ1) is 16.3. The van der Waals surface area contributed by atoms with Crippen molar-refractivity contribution in [3.05, 3.63) is 80.4 Å². The fourth-order valence-corrected chi connectivity index (χ4v) is 4.72. The topological polar surface area (TPSA) is 186 Å². The smallest absolute Gasteiger partial charge is 0.282 e. The molecule has 0 unspecified atom stereocenters. The van der Waals surface area contributed by atoms with E-state index in [1.807, 2.05) is 0 Å². The molecule has 0 bridgehead atoms. The van der Waals surface area contributed by atoms with Crippen LogP contribution in [0.1, 0.15) is 0 Å². The zero-order chi connectivity index (χ0) is 25.5. The molecule has 1 heterocycles. The molecule has 0 aliphatic rings. The zero-order valence-electron chi connectivity index (χ0n) is 18.1. The molecule has 13 nitrogen and oxygen atoms in total. The van der Waals surface area contributed by atoms with E-state index >= 15 is 0 Å². The maximum absolute atomic E-state index is 12.0. The van der Waals surface area contributed by atoms with Crippen LogP contribution in [-0.4, -0.2) is 75.4 Å². The van der Waals surface area contributed by atoms with Crippen LogP contribution in [0.4, 0.5) is 5.69 Å². The first-order valence-corrected chi connectivity index (χ1v) is 13.3. The average Bonchev–Trinajstić information content (AvgIpc) is 3.23. The Morgan fingerprint density at radius 3 is 2.06 bits per heavy atom. The van der Waals surface area contributed by atoms with Gasteiger partial charge in [-0.05, 0) is 87.1 Å². The quantitative estimate of drug-likeness (QED) is 0.0777. The molecule has 2 N–H and O–H groups in total. The molecular weight excluding hydrogens is 640 g/mol. The minimum Gasteiger partial charge on any atom is -0.282 e. The van der Waals surface area contributed by atoms with E-state index in [0.717, 1.165) is 15.7 Å². The van der Waals surface area contributed by atoms with Gasteiger partial charge in [-0.1, -0.05) is 0 Å². The second-order valence-corrected chi connectivity index (χ2v) is 11.0. The van der Waals surface area contributed by atoms with Gasteiger partial charge in [0.05, 0.1) is 20.5 Å². The molecule has 1 radical (unpaired) electrons. The number of benzene rings is 3. The number of hydrogen-bond acceptors (Lipinski definition) is 8. The minimum atomic E-state index is -4.97. The van der Waals surface area contributed by atoms with Gasteiger partial charge < -0.3 is 0 Å². The minimum absolute atomic E-state index is 0. The fourth-order valence-electron chi connectivity index (χ4n) is 3.07. The van der Waals surface area contributed by atoms with Gasteiger partial charge in [0.25, 0.3) is 25.9 Å². The number of nitro groups is 1. The summed E-state index contributed by atoms with van der Waals surface area (Å²) in [6.07, 6.45) is 0.